The van der Waals surface area contributed by atoms with Crippen LogP contribution in [0.4, 0.5) is 0 Å². The van der Waals surface area contributed by atoms with E-state index in [-0.39, 0.29) is 23.6 Å². The summed E-state index contributed by atoms with van der Waals surface area (Å²) in [6, 6.07) is 8.43. The molecule has 3 N–H and O–H groups in total. The molecule has 0 spiro atoms. The number of amides is 2. The van der Waals surface area contributed by atoms with Gasteiger partial charge in [-0.15, -0.1) is 0 Å². The standard InChI is InChI=1S/C16H18N4O4S/c1-10-7-13(21)18-16(17-10)25-9-15(23)20-19-14(22)8-11-3-5-12(24-2)6-4-11/h3-7H,8-9H2,1-2H3,(H,19,22)(H,20,23)(H,17,18,21). The summed E-state index contributed by atoms with van der Waals surface area (Å²) in [6.07, 6.45) is 0.129. The minimum Gasteiger partial charge on any atom is -0.497 e. The summed E-state index contributed by atoms with van der Waals surface area (Å²) in [4.78, 5) is 41.5. The lowest BCUT2D eigenvalue weighted by molar-refractivity contribution is -0.127. The number of ether oxygens (including phenoxy) is 1. The Kier molecular flexibility index (Phi) is 6.58. The molecule has 0 fully saturated rings. The SMILES string of the molecule is COc1ccc(CC(=O)NNC(=O)CSc2nc(C)cc(=O)[nH]2)cc1. The molecular weight excluding hydrogens is 344 g/mol. The van der Waals surface area contributed by atoms with Crippen molar-refractivity contribution in [2.24, 2.45) is 0 Å². The molecule has 0 unspecified atom stereocenters. The van der Waals surface area contributed by atoms with Gasteiger partial charge in [0.05, 0.1) is 19.3 Å². The maximum absolute atomic E-state index is 11.8. The zero-order valence-corrected chi connectivity index (χ0v) is 14.6. The second kappa shape index (κ2) is 8.88. The van der Waals surface area contributed by atoms with E-state index >= 15 is 0 Å². The van der Waals surface area contributed by atoms with Crippen molar-refractivity contribution in [1.29, 1.82) is 0 Å². The van der Waals surface area contributed by atoms with Crippen molar-refractivity contribution in [3.8, 4) is 5.75 Å². The predicted octanol–water partition coefficient (Wildman–Crippen LogP) is 0.569. The van der Waals surface area contributed by atoms with E-state index in [1.54, 1.807) is 38.3 Å². The third-order valence-electron chi connectivity index (χ3n) is 3.05. The van der Waals surface area contributed by atoms with Crippen LogP contribution >= 0.6 is 11.8 Å². The molecule has 0 aliphatic rings. The van der Waals surface area contributed by atoms with E-state index in [1.165, 1.54) is 6.07 Å². The van der Waals surface area contributed by atoms with Gasteiger partial charge >= 0.3 is 0 Å². The number of hydrogen-bond acceptors (Lipinski definition) is 6. The smallest absolute Gasteiger partial charge is 0.251 e. The number of H-pyrrole nitrogens is 1. The average molecular weight is 362 g/mol. The number of carbonyl (C=O) groups is 2. The Bertz CT molecular complexity index is 805. The number of aromatic amines is 1. The van der Waals surface area contributed by atoms with Gasteiger partial charge in [-0.25, -0.2) is 4.98 Å². The van der Waals surface area contributed by atoms with Crippen LogP contribution in [0.25, 0.3) is 0 Å². The first-order chi connectivity index (χ1) is 12.0. The molecule has 2 rings (SSSR count). The number of hydrazine groups is 1. The first-order valence-corrected chi connectivity index (χ1v) is 8.36. The fourth-order valence-electron chi connectivity index (χ4n) is 1.90. The third kappa shape index (κ3) is 6.30. The summed E-state index contributed by atoms with van der Waals surface area (Å²) in [5, 5.41) is 0.352. The van der Waals surface area contributed by atoms with Gasteiger partial charge in [-0.1, -0.05) is 23.9 Å². The molecule has 2 aromatic rings. The fourth-order valence-corrected chi connectivity index (χ4v) is 2.62. The summed E-state index contributed by atoms with van der Waals surface area (Å²) in [5.41, 5.74) is 5.75. The fraction of sp³-hybridized carbons (Fsp3) is 0.250. The van der Waals surface area contributed by atoms with Gasteiger partial charge in [-0.3, -0.25) is 25.2 Å². The molecule has 1 heterocycles. The Morgan fingerprint density at radius 2 is 1.88 bits per heavy atom. The van der Waals surface area contributed by atoms with Crippen LogP contribution < -0.4 is 21.1 Å². The van der Waals surface area contributed by atoms with Gasteiger partial charge in [0.15, 0.2) is 5.16 Å². The van der Waals surface area contributed by atoms with E-state index in [4.69, 9.17) is 4.74 Å². The van der Waals surface area contributed by atoms with Crippen LogP contribution in [0.2, 0.25) is 0 Å². The quantitative estimate of drug-likeness (QED) is 0.393. The summed E-state index contributed by atoms with van der Waals surface area (Å²) in [7, 11) is 1.57. The molecule has 132 valence electrons. The minimum absolute atomic E-state index is 0.00914. The number of aryl methyl sites for hydroxylation is 1. The van der Waals surface area contributed by atoms with Gasteiger partial charge in [0.25, 0.3) is 5.56 Å². The van der Waals surface area contributed by atoms with Gasteiger partial charge < -0.3 is 9.72 Å². The first-order valence-electron chi connectivity index (χ1n) is 7.37. The van der Waals surface area contributed by atoms with Gasteiger partial charge in [0.1, 0.15) is 5.75 Å². The number of benzene rings is 1. The van der Waals surface area contributed by atoms with Gasteiger partial charge in [0, 0.05) is 11.8 Å². The Morgan fingerprint density at radius 1 is 1.20 bits per heavy atom. The van der Waals surface area contributed by atoms with Crippen LogP contribution in [0.15, 0.2) is 40.3 Å². The van der Waals surface area contributed by atoms with E-state index in [0.717, 1.165) is 17.3 Å². The number of carbonyl (C=O) groups excluding carboxylic acids is 2. The number of methoxy groups -OCH3 is 1. The van der Waals surface area contributed by atoms with E-state index in [2.05, 4.69) is 20.8 Å². The molecule has 0 radical (unpaired) electrons. The Morgan fingerprint density at radius 3 is 2.52 bits per heavy atom. The Balaban J connectivity index is 1.75. The molecule has 8 nitrogen and oxygen atoms in total. The normalized spacial score (nSPS) is 10.2. The number of rotatable bonds is 6. The Labute approximate surface area is 148 Å². The number of nitrogens with one attached hydrogen (secondary N) is 3. The van der Waals surface area contributed by atoms with Crippen molar-refractivity contribution < 1.29 is 14.3 Å². The molecule has 1 aromatic carbocycles. The van der Waals surface area contributed by atoms with Crippen molar-refractivity contribution in [2.75, 3.05) is 12.9 Å². The Hall–Kier alpha value is -2.81. The van der Waals surface area contributed by atoms with Gasteiger partial charge in [-0.2, -0.15) is 0 Å². The first kappa shape index (κ1) is 18.5. The van der Waals surface area contributed by atoms with E-state index in [0.29, 0.717) is 16.6 Å². The highest BCUT2D eigenvalue weighted by molar-refractivity contribution is 7.99. The lowest BCUT2D eigenvalue weighted by Crippen LogP contribution is -2.43. The molecule has 0 atom stereocenters. The summed E-state index contributed by atoms with van der Waals surface area (Å²) in [5.74, 6) is -0.0324. The molecule has 1 aromatic heterocycles. The monoisotopic (exact) mass is 362 g/mol. The molecular formula is C16H18N4O4S. The van der Waals surface area contributed by atoms with Crippen LogP contribution in [-0.2, 0) is 16.0 Å². The maximum atomic E-state index is 11.8. The summed E-state index contributed by atoms with van der Waals surface area (Å²) in [6.45, 7) is 1.69. The zero-order chi connectivity index (χ0) is 18.2. The molecule has 0 saturated heterocycles. The van der Waals surface area contributed by atoms with E-state index in [9.17, 15) is 14.4 Å². The van der Waals surface area contributed by atoms with Gasteiger partial charge in [-0.05, 0) is 24.6 Å². The molecule has 25 heavy (non-hydrogen) atoms. The van der Waals surface area contributed by atoms with Crippen LogP contribution in [0, 0.1) is 6.92 Å². The largest absolute Gasteiger partial charge is 0.497 e. The average Bonchev–Trinajstić information content (AvgIpc) is 2.58. The minimum atomic E-state index is -0.405. The number of thioether (sulfide) groups is 1. The summed E-state index contributed by atoms with van der Waals surface area (Å²) >= 11 is 1.07. The van der Waals surface area contributed by atoms with Crippen molar-refractivity contribution in [3.63, 3.8) is 0 Å². The van der Waals surface area contributed by atoms with E-state index < -0.39 is 5.91 Å². The molecule has 9 heteroatoms. The molecule has 0 aliphatic carbocycles. The molecule has 0 aliphatic heterocycles. The molecule has 0 bridgehead atoms. The van der Waals surface area contributed by atoms with Crippen molar-refractivity contribution in [1.82, 2.24) is 20.8 Å². The lowest BCUT2D eigenvalue weighted by atomic mass is 10.1. The van der Waals surface area contributed by atoms with Crippen LogP contribution in [-0.4, -0.2) is 34.6 Å². The van der Waals surface area contributed by atoms with Gasteiger partial charge in [0.2, 0.25) is 11.8 Å². The van der Waals surface area contributed by atoms with Crippen LogP contribution in [0.3, 0.4) is 0 Å². The van der Waals surface area contributed by atoms with E-state index in [1.807, 2.05) is 0 Å². The van der Waals surface area contributed by atoms with Crippen molar-refractivity contribution in [3.05, 3.63) is 51.9 Å². The number of nitrogens with zero attached hydrogens (tertiary/aromatic N) is 1. The topological polar surface area (TPSA) is 113 Å². The predicted molar refractivity (Wildman–Crippen MR) is 93.3 cm³/mol. The highest BCUT2D eigenvalue weighted by Gasteiger charge is 2.08. The lowest BCUT2D eigenvalue weighted by Gasteiger charge is -2.08. The van der Waals surface area contributed by atoms with Crippen LogP contribution in [0.1, 0.15) is 11.3 Å². The third-order valence-corrected chi connectivity index (χ3v) is 3.93. The molecule has 2 amide bonds. The number of hydrogen-bond donors (Lipinski definition) is 3. The second-order valence-electron chi connectivity index (χ2n) is 5.10. The van der Waals surface area contributed by atoms with Crippen molar-refractivity contribution in [2.45, 2.75) is 18.5 Å². The maximum Gasteiger partial charge on any atom is 0.251 e. The molecule has 0 saturated carbocycles. The zero-order valence-electron chi connectivity index (χ0n) is 13.8. The summed E-state index contributed by atoms with van der Waals surface area (Å²) < 4.78 is 5.04. The number of aromatic nitrogens is 2. The highest BCUT2D eigenvalue weighted by Crippen LogP contribution is 2.12. The highest BCUT2D eigenvalue weighted by atomic mass is 32.2. The van der Waals surface area contributed by atoms with Crippen LogP contribution in [0.5, 0.6) is 5.75 Å². The second-order valence-corrected chi connectivity index (χ2v) is 6.07. The van der Waals surface area contributed by atoms with Crippen molar-refractivity contribution >= 4 is 23.6 Å².